The second-order valence-electron chi connectivity index (χ2n) is 2.93. The van der Waals surface area contributed by atoms with Crippen LogP contribution in [0.4, 0.5) is 0 Å². The maximum atomic E-state index is 5.74. The van der Waals surface area contributed by atoms with E-state index in [9.17, 15) is 0 Å². The molecule has 0 unspecified atom stereocenters. The molecule has 4 heteroatoms. The first-order valence-electron chi connectivity index (χ1n) is 4.23. The van der Waals surface area contributed by atoms with Crippen molar-refractivity contribution in [3.63, 3.8) is 0 Å². The average molecular weight is 209 g/mol. The van der Waals surface area contributed by atoms with Crippen molar-refractivity contribution in [2.45, 2.75) is 12.8 Å². The zero-order valence-corrected chi connectivity index (χ0v) is 8.45. The molecule has 14 heavy (non-hydrogen) atoms. The van der Waals surface area contributed by atoms with Gasteiger partial charge in [0.15, 0.2) is 11.6 Å². The Balaban J connectivity index is 2.46. The Morgan fingerprint density at radius 1 is 1.50 bits per heavy atom. The van der Waals surface area contributed by atoms with E-state index >= 15 is 0 Å². The number of aromatic nitrogens is 2. The van der Waals surface area contributed by atoms with Crippen molar-refractivity contribution >= 4 is 11.6 Å². The lowest BCUT2D eigenvalue weighted by molar-refractivity contribution is 0.576. The molecule has 0 radical (unpaired) electrons. The normalized spacial score (nSPS) is 10.4. The molecule has 2 heterocycles. The zero-order valence-electron chi connectivity index (χ0n) is 7.70. The summed E-state index contributed by atoms with van der Waals surface area (Å²) in [5.74, 6) is 1.63. The van der Waals surface area contributed by atoms with Gasteiger partial charge in [-0.1, -0.05) is 0 Å². The molecule has 0 aliphatic rings. The first-order chi connectivity index (χ1) is 6.81. The van der Waals surface area contributed by atoms with E-state index in [2.05, 4.69) is 9.97 Å². The van der Waals surface area contributed by atoms with E-state index in [0.29, 0.717) is 17.5 Å². The molecule has 2 aromatic heterocycles. The van der Waals surface area contributed by atoms with E-state index in [4.69, 9.17) is 16.0 Å². The topological polar surface area (TPSA) is 38.9 Å². The van der Waals surface area contributed by atoms with Crippen LogP contribution < -0.4 is 0 Å². The molecule has 0 bridgehead atoms. The van der Waals surface area contributed by atoms with Crippen LogP contribution in [-0.4, -0.2) is 9.97 Å². The van der Waals surface area contributed by atoms with Crippen molar-refractivity contribution in [1.29, 1.82) is 0 Å². The lowest BCUT2D eigenvalue weighted by atomic mass is 10.2. The van der Waals surface area contributed by atoms with Crippen LogP contribution in [0.5, 0.6) is 0 Å². The SMILES string of the molecule is Cc1cnc(-c2ccco2)nc1CCl. The van der Waals surface area contributed by atoms with Gasteiger partial charge in [0.1, 0.15) is 0 Å². The molecule has 0 aliphatic heterocycles. The van der Waals surface area contributed by atoms with Crippen LogP contribution in [0, 0.1) is 6.92 Å². The molecule has 0 N–H and O–H groups in total. The molecule has 0 saturated heterocycles. The first-order valence-corrected chi connectivity index (χ1v) is 4.77. The van der Waals surface area contributed by atoms with Gasteiger partial charge in [0.2, 0.25) is 0 Å². The Labute approximate surface area is 86.8 Å². The summed E-state index contributed by atoms with van der Waals surface area (Å²) in [6.45, 7) is 1.93. The van der Waals surface area contributed by atoms with Crippen molar-refractivity contribution in [2.75, 3.05) is 0 Å². The summed E-state index contributed by atoms with van der Waals surface area (Å²) in [5.41, 5.74) is 1.84. The Bertz CT molecular complexity index is 426. The minimum Gasteiger partial charge on any atom is -0.461 e. The number of aryl methyl sites for hydroxylation is 1. The van der Waals surface area contributed by atoms with E-state index < -0.39 is 0 Å². The maximum absolute atomic E-state index is 5.74. The zero-order chi connectivity index (χ0) is 9.97. The van der Waals surface area contributed by atoms with Gasteiger partial charge in [0, 0.05) is 6.20 Å². The lowest BCUT2D eigenvalue weighted by Crippen LogP contribution is -1.95. The van der Waals surface area contributed by atoms with Crippen molar-refractivity contribution in [1.82, 2.24) is 9.97 Å². The lowest BCUT2D eigenvalue weighted by Gasteiger charge is -2.01. The molecule has 2 rings (SSSR count). The molecule has 0 atom stereocenters. The summed E-state index contributed by atoms with van der Waals surface area (Å²) in [4.78, 5) is 8.46. The van der Waals surface area contributed by atoms with Crippen LogP contribution in [0.25, 0.3) is 11.6 Å². The van der Waals surface area contributed by atoms with Crippen LogP contribution in [0.3, 0.4) is 0 Å². The van der Waals surface area contributed by atoms with Crippen LogP contribution in [0.2, 0.25) is 0 Å². The minimum atomic E-state index is 0.391. The van der Waals surface area contributed by atoms with E-state index in [-0.39, 0.29) is 0 Å². The predicted octanol–water partition coefficient (Wildman–Crippen LogP) is 2.78. The molecule has 0 aromatic carbocycles. The number of hydrogen-bond acceptors (Lipinski definition) is 3. The van der Waals surface area contributed by atoms with Gasteiger partial charge in [-0.3, -0.25) is 0 Å². The Morgan fingerprint density at radius 2 is 2.36 bits per heavy atom. The van der Waals surface area contributed by atoms with Gasteiger partial charge in [0.25, 0.3) is 0 Å². The second kappa shape index (κ2) is 3.80. The summed E-state index contributed by atoms with van der Waals surface area (Å²) in [6.07, 6.45) is 3.35. The highest BCUT2D eigenvalue weighted by molar-refractivity contribution is 6.17. The molecule has 3 nitrogen and oxygen atoms in total. The summed E-state index contributed by atoms with van der Waals surface area (Å²) in [6, 6.07) is 3.63. The smallest absolute Gasteiger partial charge is 0.195 e. The minimum absolute atomic E-state index is 0.391. The molecular weight excluding hydrogens is 200 g/mol. The number of hydrogen-bond donors (Lipinski definition) is 0. The third-order valence-corrected chi connectivity index (χ3v) is 2.20. The summed E-state index contributed by atoms with van der Waals surface area (Å²) in [7, 11) is 0. The first kappa shape index (κ1) is 9.21. The Morgan fingerprint density at radius 3 is 3.00 bits per heavy atom. The molecule has 0 fully saturated rings. The van der Waals surface area contributed by atoms with E-state index in [1.807, 2.05) is 13.0 Å². The van der Waals surface area contributed by atoms with Gasteiger partial charge in [-0.15, -0.1) is 11.6 Å². The van der Waals surface area contributed by atoms with Crippen LogP contribution in [-0.2, 0) is 5.88 Å². The van der Waals surface area contributed by atoms with Crippen molar-refractivity contribution in [3.05, 3.63) is 35.9 Å². The fraction of sp³-hybridized carbons (Fsp3) is 0.200. The molecule has 0 saturated carbocycles. The highest BCUT2D eigenvalue weighted by Crippen LogP contribution is 2.17. The van der Waals surface area contributed by atoms with Gasteiger partial charge in [0.05, 0.1) is 17.8 Å². The van der Waals surface area contributed by atoms with E-state index in [1.165, 1.54) is 0 Å². The highest BCUT2D eigenvalue weighted by Gasteiger charge is 2.06. The summed E-state index contributed by atoms with van der Waals surface area (Å²) < 4.78 is 5.19. The number of rotatable bonds is 2. The van der Waals surface area contributed by atoms with Crippen LogP contribution >= 0.6 is 11.6 Å². The van der Waals surface area contributed by atoms with Crippen molar-refractivity contribution < 1.29 is 4.42 Å². The molecule has 0 aliphatic carbocycles. The number of halogens is 1. The monoisotopic (exact) mass is 208 g/mol. The standard InChI is InChI=1S/C10H9ClN2O/c1-7-6-12-10(13-8(7)5-11)9-3-2-4-14-9/h2-4,6H,5H2,1H3. The predicted molar refractivity (Wildman–Crippen MR) is 54.0 cm³/mol. The summed E-state index contributed by atoms with van der Waals surface area (Å²) in [5, 5.41) is 0. The number of furan rings is 1. The maximum Gasteiger partial charge on any atom is 0.195 e. The third-order valence-electron chi connectivity index (χ3n) is 1.94. The fourth-order valence-electron chi connectivity index (χ4n) is 1.14. The van der Waals surface area contributed by atoms with Crippen molar-refractivity contribution in [2.24, 2.45) is 0 Å². The van der Waals surface area contributed by atoms with Gasteiger partial charge in [-0.2, -0.15) is 0 Å². The number of nitrogens with zero attached hydrogens (tertiary/aromatic N) is 2. The molecule has 0 amide bonds. The van der Waals surface area contributed by atoms with Gasteiger partial charge in [-0.25, -0.2) is 9.97 Å². The third kappa shape index (κ3) is 1.63. The molecule has 72 valence electrons. The summed E-state index contributed by atoms with van der Waals surface area (Å²) >= 11 is 5.74. The molecule has 0 spiro atoms. The van der Waals surface area contributed by atoms with Crippen LogP contribution in [0.1, 0.15) is 11.3 Å². The van der Waals surface area contributed by atoms with Crippen molar-refractivity contribution in [3.8, 4) is 11.6 Å². The average Bonchev–Trinajstić information content (AvgIpc) is 2.71. The molecule has 2 aromatic rings. The van der Waals surface area contributed by atoms with Gasteiger partial charge < -0.3 is 4.42 Å². The molecular formula is C10H9ClN2O. The number of alkyl halides is 1. The highest BCUT2D eigenvalue weighted by atomic mass is 35.5. The largest absolute Gasteiger partial charge is 0.461 e. The van der Waals surface area contributed by atoms with Gasteiger partial charge >= 0.3 is 0 Å². The van der Waals surface area contributed by atoms with Crippen LogP contribution in [0.15, 0.2) is 29.0 Å². The fourth-order valence-corrected chi connectivity index (χ4v) is 1.41. The Hall–Kier alpha value is -1.35. The van der Waals surface area contributed by atoms with E-state index in [1.54, 1.807) is 18.5 Å². The van der Waals surface area contributed by atoms with Gasteiger partial charge in [-0.05, 0) is 24.6 Å². The quantitative estimate of drug-likeness (QED) is 0.713. The Kier molecular flexibility index (Phi) is 2.50. The van der Waals surface area contributed by atoms with E-state index in [0.717, 1.165) is 11.3 Å². The second-order valence-corrected chi connectivity index (χ2v) is 3.20.